The molecule has 1 fully saturated rings. The standard InChI is InChI=1S/C14H18F2N2S/c15-12-10(14(17)19)6-7-11(13(12)16)18-8-4-2-1-3-5-9-18/h6-7H,1-5,8-9H2,(H2,17,19). The first-order valence-corrected chi connectivity index (χ1v) is 7.05. The van der Waals surface area contributed by atoms with Gasteiger partial charge in [-0.25, -0.2) is 8.78 Å². The Balaban J connectivity index is 2.28. The van der Waals surface area contributed by atoms with Gasteiger partial charge in [0.25, 0.3) is 0 Å². The van der Waals surface area contributed by atoms with E-state index in [4.69, 9.17) is 18.0 Å². The third kappa shape index (κ3) is 3.21. The van der Waals surface area contributed by atoms with E-state index in [-0.39, 0.29) is 10.6 Å². The zero-order valence-electron chi connectivity index (χ0n) is 10.8. The van der Waals surface area contributed by atoms with Gasteiger partial charge in [-0.2, -0.15) is 0 Å². The van der Waals surface area contributed by atoms with Gasteiger partial charge in [-0.1, -0.05) is 31.5 Å². The lowest BCUT2D eigenvalue weighted by molar-refractivity contribution is 0.496. The molecule has 1 aliphatic rings. The van der Waals surface area contributed by atoms with Crippen molar-refractivity contribution >= 4 is 22.9 Å². The van der Waals surface area contributed by atoms with E-state index in [9.17, 15) is 8.78 Å². The highest BCUT2D eigenvalue weighted by molar-refractivity contribution is 7.80. The van der Waals surface area contributed by atoms with Gasteiger partial charge in [-0.05, 0) is 25.0 Å². The maximum Gasteiger partial charge on any atom is 0.182 e. The molecule has 0 amide bonds. The number of nitrogens with zero attached hydrogens (tertiary/aromatic N) is 1. The molecular formula is C14H18F2N2S. The Morgan fingerprint density at radius 2 is 1.58 bits per heavy atom. The fourth-order valence-corrected chi connectivity index (χ4v) is 2.62. The fraction of sp³-hybridized carbons (Fsp3) is 0.500. The van der Waals surface area contributed by atoms with Gasteiger partial charge in [0.1, 0.15) is 4.99 Å². The monoisotopic (exact) mass is 284 g/mol. The third-order valence-corrected chi connectivity index (χ3v) is 3.74. The molecule has 0 saturated carbocycles. The lowest BCUT2D eigenvalue weighted by Gasteiger charge is -2.27. The summed E-state index contributed by atoms with van der Waals surface area (Å²) in [6.07, 6.45) is 5.54. The Morgan fingerprint density at radius 1 is 1.00 bits per heavy atom. The number of nitrogens with two attached hydrogens (primary N) is 1. The molecule has 1 heterocycles. The molecule has 1 aliphatic heterocycles. The second-order valence-corrected chi connectivity index (χ2v) is 5.32. The summed E-state index contributed by atoms with van der Waals surface area (Å²) in [5.41, 5.74) is 5.66. The zero-order chi connectivity index (χ0) is 13.8. The summed E-state index contributed by atoms with van der Waals surface area (Å²) in [5, 5.41) is 0. The van der Waals surface area contributed by atoms with Gasteiger partial charge in [0.15, 0.2) is 11.6 Å². The van der Waals surface area contributed by atoms with Crippen molar-refractivity contribution in [3.8, 4) is 0 Å². The number of hydrogen-bond donors (Lipinski definition) is 1. The van der Waals surface area contributed by atoms with Crippen LogP contribution in [-0.2, 0) is 0 Å². The molecule has 2 rings (SSSR count). The van der Waals surface area contributed by atoms with Crippen LogP contribution in [0.5, 0.6) is 0 Å². The highest BCUT2D eigenvalue weighted by atomic mass is 32.1. The average Bonchev–Trinajstić information content (AvgIpc) is 2.32. The third-order valence-electron chi connectivity index (χ3n) is 3.52. The van der Waals surface area contributed by atoms with Crippen molar-refractivity contribution in [2.24, 2.45) is 5.73 Å². The first-order valence-electron chi connectivity index (χ1n) is 6.64. The van der Waals surface area contributed by atoms with Crippen LogP contribution in [0.1, 0.15) is 37.7 Å². The van der Waals surface area contributed by atoms with Crippen molar-refractivity contribution in [2.75, 3.05) is 18.0 Å². The van der Waals surface area contributed by atoms with Crippen LogP contribution in [0.2, 0.25) is 0 Å². The minimum absolute atomic E-state index is 0.0247. The second-order valence-electron chi connectivity index (χ2n) is 4.88. The average molecular weight is 284 g/mol. The number of halogens is 2. The molecule has 0 atom stereocenters. The number of rotatable bonds is 2. The summed E-state index contributed by atoms with van der Waals surface area (Å²) in [6, 6.07) is 3.04. The molecule has 19 heavy (non-hydrogen) atoms. The number of benzene rings is 1. The van der Waals surface area contributed by atoms with Crippen LogP contribution in [-0.4, -0.2) is 18.1 Å². The normalized spacial score (nSPS) is 16.8. The molecule has 1 saturated heterocycles. The number of hydrogen-bond acceptors (Lipinski definition) is 2. The molecule has 104 valence electrons. The van der Waals surface area contributed by atoms with E-state index in [1.807, 2.05) is 4.90 Å². The maximum atomic E-state index is 14.1. The summed E-state index contributed by atoms with van der Waals surface area (Å²) < 4.78 is 28.0. The summed E-state index contributed by atoms with van der Waals surface area (Å²) in [7, 11) is 0. The predicted octanol–water partition coefficient (Wildman–Crippen LogP) is 3.37. The number of thiocarbonyl (C=S) groups is 1. The first kappa shape index (κ1) is 14.2. The quantitative estimate of drug-likeness (QED) is 0.844. The van der Waals surface area contributed by atoms with Gasteiger partial charge in [0, 0.05) is 18.7 Å². The topological polar surface area (TPSA) is 29.3 Å². The zero-order valence-corrected chi connectivity index (χ0v) is 11.6. The van der Waals surface area contributed by atoms with Gasteiger partial charge < -0.3 is 10.6 Å². The molecule has 5 heteroatoms. The predicted molar refractivity (Wildman–Crippen MR) is 77.5 cm³/mol. The highest BCUT2D eigenvalue weighted by Crippen LogP contribution is 2.26. The maximum absolute atomic E-state index is 14.1. The van der Waals surface area contributed by atoms with Gasteiger partial charge in [0.05, 0.1) is 5.69 Å². The minimum atomic E-state index is -0.938. The Hall–Kier alpha value is -1.23. The second kappa shape index (κ2) is 6.28. The van der Waals surface area contributed by atoms with Crippen LogP contribution < -0.4 is 10.6 Å². The van der Waals surface area contributed by atoms with Crippen LogP contribution in [0.25, 0.3) is 0 Å². The van der Waals surface area contributed by atoms with Crippen LogP contribution >= 0.6 is 12.2 Å². The Labute approximate surface area is 117 Å². The smallest absolute Gasteiger partial charge is 0.182 e. The molecule has 1 aromatic carbocycles. The lowest BCUT2D eigenvalue weighted by Crippen LogP contribution is -2.28. The van der Waals surface area contributed by atoms with E-state index in [0.29, 0.717) is 5.69 Å². The van der Waals surface area contributed by atoms with Crippen molar-refractivity contribution in [3.05, 3.63) is 29.3 Å². The van der Waals surface area contributed by atoms with Crippen LogP contribution in [0, 0.1) is 11.6 Å². The number of anilines is 1. The molecule has 0 aliphatic carbocycles. The van der Waals surface area contributed by atoms with E-state index in [0.717, 1.165) is 38.8 Å². The van der Waals surface area contributed by atoms with Gasteiger partial charge in [0.2, 0.25) is 0 Å². The van der Waals surface area contributed by atoms with Gasteiger partial charge >= 0.3 is 0 Å². The lowest BCUT2D eigenvalue weighted by atomic mass is 10.1. The summed E-state index contributed by atoms with van der Waals surface area (Å²) in [5.74, 6) is -1.78. The molecule has 0 unspecified atom stereocenters. The summed E-state index contributed by atoms with van der Waals surface area (Å²) in [6.45, 7) is 1.53. The van der Waals surface area contributed by atoms with Crippen molar-refractivity contribution in [2.45, 2.75) is 32.1 Å². The van der Waals surface area contributed by atoms with E-state index < -0.39 is 11.6 Å². The molecular weight excluding hydrogens is 266 g/mol. The van der Waals surface area contributed by atoms with Crippen LogP contribution in [0.3, 0.4) is 0 Å². The van der Waals surface area contributed by atoms with E-state index >= 15 is 0 Å². The van der Waals surface area contributed by atoms with E-state index in [1.54, 1.807) is 6.07 Å². The molecule has 2 N–H and O–H groups in total. The Bertz CT molecular complexity index is 469. The van der Waals surface area contributed by atoms with Gasteiger partial charge in [-0.15, -0.1) is 0 Å². The summed E-state index contributed by atoms with van der Waals surface area (Å²) in [4.78, 5) is 1.80. The van der Waals surface area contributed by atoms with E-state index in [1.165, 1.54) is 12.5 Å². The fourth-order valence-electron chi connectivity index (χ4n) is 2.46. The van der Waals surface area contributed by atoms with E-state index in [2.05, 4.69) is 0 Å². The van der Waals surface area contributed by atoms with Crippen molar-refractivity contribution in [1.29, 1.82) is 0 Å². The van der Waals surface area contributed by atoms with Crippen LogP contribution in [0.15, 0.2) is 12.1 Å². The molecule has 0 aromatic heterocycles. The van der Waals surface area contributed by atoms with Crippen molar-refractivity contribution in [1.82, 2.24) is 0 Å². The SMILES string of the molecule is NC(=S)c1ccc(N2CCCCCCC2)c(F)c1F. The van der Waals surface area contributed by atoms with Crippen LogP contribution in [0.4, 0.5) is 14.5 Å². The molecule has 0 spiro atoms. The molecule has 0 bridgehead atoms. The first-order chi connectivity index (χ1) is 9.11. The minimum Gasteiger partial charge on any atom is -0.389 e. The highest BCUT2D eigenvalue weighted by Gasteiger charge is 2.19. The summed E-state index contributed by atoms with van der Waals surface area (Å²) >= 11 is 4.71. The van der Waals surface area contributed by atoms with Crippen molar-refractivity contribution in [3.63, 3.8) is 0 Å². The Morgan fingerprint density at radius 3 is 2.16 bits per heavy atom. The van der Waals surface area contributed by atoms with Gasteiger partial charge in [-0.3, -0.25) is 0 Å². The Kier molecular flexibility index (Phi) is 4.69. The molecule has 0 radical (unpaired) electrons. The molecule has 2 nitrogen and oxygen atoms in total. The largest absolute Gasteiger partial charge is 0.389 e. The van der Waals surface area contributed by atoms with Crippen molar-refractivity contribution < 1.29 is 8.78 Å². The molecule has 1 aromatic rings.